The van der Waals surface area contributed by atoms with Crippen LogP contribution in [0, 0.1) is 5.82 Å². The molecule has 0 spiro atoms. The van der Waals surface area contributed by atoms with Crippen molar-refractivity contribution in [3.05, 3.63) is 76.9 Å². The Morgan fingerprint density at radius 3 is 2.74 bits per heavy atom. The Bertz CT molecular complexity index is 1150. The van der Waals surface area contributed by atoms with Crippen LogP contribution in [-0.4, -0.2) is 22.4 Å². The Morgan fingerprint density at radius 1 is 1.16 bits per heavy atom. The summed E-state index contributed by atoms with van der Waals surface area (Å²) in [5.41, 5.74) is 6.88. The standard InChI is InChI=1S/C21H17F4N5O/c22-17-5-4-14(9-16(17)21(23,24)25)28-19(31)12-2-1-3-15(8-12)30-7-6-18-13(11-30)10-27-20(26)29-18/h1-5,8-10H,6-7,11H2,(H,28,31)(H2,26,27,29). The lowest BCUT2D eigenvalue weighted by molar-refractivity contribution is -0.139. The zero-order valence-electron chi connectivity index (χ0n) is 16.1. The molecule has 0 fully saturated rings. The van der Waals surface area contributed by atoms with Crippen LogP contribution in [0.4, 0.5) is 34.9 Å². The van der Waals surface area contributed by atoms with E-state index in [0.717, 1.165) is 23.0 Å². The highest BCUT2D eigenvalue weighted by atomic mass is 19.4. The molecule has 10 heteroatoms. The monoisotopic (exact) mass is 431 g/mol. The number of hydrogen-bond donors (Lipinski definition) is 2. The number of hydrogen-bond acceptors (Lipinski definition) is 5. The highest BCUT2D eigenvalue weighted by Crippen LogP contribution is 2.33. The van der Waals surface area contributed by atoms with Crippen LogP contribution < -0.4 is 16.0 Å². The van der Waals surface area contributed by atoms with Gasteiger partial charge in [0.15, 0.2) is 0 Å². The molecular formula is C21H17F4N5O. The third-order valence-corrected chi connectivity index (χ3v) is 4.96. The van der Waals surface area contributed by atoms with Gasteiger partial charge in [-0.05, 0) is 36.4 Å². The number of benzene rings is 2. The van der Waals surface area contributed by atoms with E-state index in [1.54, 1.807) is 24.4 Å². The highest BCUT2D eigenvalue weighted by Gasteiger charge is 2.34. The molecule has 6 nitrogen and oxygen atoms in total. The molecule has 1 aromatic heterocycles. The number of nitrogens with zero attached hydrogens (tertiary/aromatic N) is 3. The third kappa shape index (κ3) is 4.42. The minimum Gasteiger partial charge on any atom is -0.368 e. The number of anilines is 3. The fourth-order valence-electron chi connectivity index (χ4n) is 3.42. The molecule has 0 atom stereocenters. The number of rotatable bonds is 3. The van der Waals surface area contributed by atoms with Crippen LogP contribution in [-0.2, 0) is 19.1 Å². The fraction of sp³-hybridized carbons (Fsp3) is 0.190. The van der Waals surface area contributed by atoms with Gasteiger partial charge in [0.25, 0.3) is 5.91 Å². The smallest absolute Gasteiger partial charge is 0.368 e. The largest absolute Gasteiger partial charge is 0.419 e. The number of carbonyl (C=O) groups is 1. The maximum Gasteiger partial charge on any atom is 0.419 e. The first-order valence-corrected chi connectivity index (χ1v) is 9.34. The number of fused-ring (bicyclic) bond motifs is 1. The topological polar surface area (TPSA) is 84.1 Å². The van der Waals surface area contributed by atoms with Gasteiger partial charge in [0.05, 0.1) is 11.3 Å². The summed E-state index contributed by atoms with van der Waals surface area (Å²) in [7, 11) is 0. The summed E-state index contributed by atoms with van der Waals surface area (Å²) in [5.74, 6) is -1.78. The summed E-state index contributed by atoms with van der Waals surface area (Å²) >= 11 is 0. The van der Waals surface area contributed by atoms with E-state index in [1.165, 1.54) is 0 Å². The Hall–Kier alpha value is -3.69. The van der Waals surface area contributed by atoms with Crippen molar-refractivity contribution in [2.24, 2.45) is 0 Å². The second-order valence-corrected chi connectivity index (χ2v) is 7.07. The molecule has 0 aliphatic carbocycles. The number of halogens is 4. The van der Waals surface area contributed by atoms with Crippen molar-refractivity contribution in [2.45, 2.75) is 19.1 Å². The summed E-state index contributed by atoms with van der Waals surface area (Å²) in [6.45, 7) is 1.19. The van der Waals surface area contributed by atoms with Crippen molar-refractivity contribution in [2.75, 3.05) is 22.5 Å². The molecule has 1 amide bonds. The predicted octanol–water partition coefficient (Wildman–Crippen LogP) is 4.03. The molecule has 0 radical (unpaired) electrons. The van der Waals surface area contributed by atoms with Gasteiger partial charge in [0.2, 0.25) is 5.95 Å². The maximum absolute atomic E-state index is 13.5. The average molecular weight is 431 g/mol. The summed E-state index contributed by atoms with van der Waals surface area (Å²) < 4.78 is 52.2. The average Bonchev–Trinajstić information content (AvgIpc) is 2.74. The minimum atomic E-state index is -4.86. The van der Waals surface area contributed by atoms with E-state index in [9.17, 15) is 22.4 Å². The normalized spacial score (nSPS) is 13.6. The summed E-state index contributed by atoms with van der Waals surface area (Å²) in [5, 5.41) is 2.39. The first-order chi connectivity index (χ1) is 14.7. The van der Waals surface area contributed by atoms with Gasteiger partial charge in [0.1, 0.15) is 5.82 Å². The van der Waals surface area contributed by atoms with E-state index < -0.39 is 23.5 Å². The van der Waals surface area contributed by atoms with E-state index in [2.05, 4.69) is 15.3 Å². The first-order valence-electron chi connectivity index (χ1n) is 9.34. The molecule has 1 aliphatic heterocycles. The van der Waals surface area contributed by atoms with Gasteiger partial charge in [-0.3, -0.25) is 4.79 Å². The number of aromatic nitrogens is 2. The molecular weight excluding hydrogens is 414 g/mol. The van der Waals surface area contributed by atoms with E-state index in [-0.39, 0.29) is 17.2 Å². The molecule has 0 bridgehead atoms. The van der Waals surface area contributed by atoms with Gasteiger partial charge in [-0.1, -0.05) is 6.07 Å². The quantitative estimate of drug-likeness (QED) is 0.612. The maximum atomic E-state index is 13.5. The molecule has 4 rings (SSSR count). The van der Waals surface area contributed by atoms with Crippen molar-refractivity contribution >= 4 is 23.2 Å². The van der Waals surface area contributed by atoms with Crippen LogP contribution >= 0.6 is 0 Å². The van der Waals surface area contributed by atoms with E-state index in [0.29, 0.717) is 31.6 Å². The van der Waals surface area contributed by atoms with Crippen molar-refractivity contribution < 1.29 is 22.4 Å². The number of nitrogens with one attached hydrogen (secondary N) is 1. The van der Waals surface area contributed by atoms with Crippen molar-refractivity contribution in [1.29, 1.82) is 0 Å². The third-order valence-electron chi connectivity index (χ3n) is 4.96. The first kappa shape index (κ1) is 20.6. The number of carbonyl (C=O) groups excluding carboxylic acids is 1. The summed E-state index contributed by atoms with van der Waals surface area (Å²) in [6, 6.07) is 9.05. The van der Waals surface area contributed by atoms with Gasteiger partial charge in [-0.25, -0.2) is 14.4 Å². The molecule has 0 saturated carbocycles. The Balaban J connectivity index is 1.52. The molecule has 0 unspecified atom stereocenters. The predicted molar refractivity (Wildman–Crippen MR) is 107 cm³/mol. The lowest BCUT2D eigenvalue weighted by Gasteiger charge is -2.30. The van der Waals surface area contributed by atoms with Gasteiger partial charge in [0, 0.05) is 48.2 Å². The van der Waals surface area contributed by atoms with Crippen LogP contribution in [0.3, 0.4) is 0 Å². The van der Waals surface area contributed by atoms with Gasteiger partial charge in [-0.15, -0.1) is 0 Å². The number of nitrogens with two attached hydrogens (primary N) is 1. The van der Waals surface area contributed by atoms with Crippen LogP contribution in [0.15, 0.2) is 48.7 Å². The molecule has 3 aromatic rings. The molecule has 3 N–H and O–H groups in total. The molecule has 2 heterocycles. The highest BCUT2D eigenvalue weighted by molar-refractivity contribution is 6.04. The van der Waals surface area contributed by atoms with Gasteiger partial charge < -0.3 is 16.0 Å². The zero-order chi connectivity index (χ0) is 22.2. The van der Waals surface area contributed by atoms with Crippen molar-refractivity contribution in [3.63, 3.8) is 0 Å². The zero-order valence-corrected chi connectivity index (χ0v) is 16.1. The van der Waals surface area contributed by atoms with Crippen LogP contribution in [0.5, 0.6) is 0 Å². The Kier molecular flexibility index (Phi) is 5.22. The van der Waals surface area contributed by atoms with Crippen molar-refractivity contribution in [3.8, 4) is 0 Å². The van der Waals surface area contributed by atoms with E-state index in [4.69, 9.17) is 5.73 Å². The lowest BCUT2D eigenvalue weighted by Crippen LogP contribution is -2.31. The molecule has 2 aromatic carbocycles. The lowest BCUT2D eigenvalue weighted by atomic mass is 10.1. The van der Waals surface area contributed by atoms with Crippen LogP contribution in [0.2, 0.25) is 0 Å². The summed E-state index contributed by atoms with van der Waals surface area (Å²) in [6.07, 6.45) is -2.52. The second-order valence-electron chi connectivity index (χ2n) is 7.07. The molecule has 31 heavy (non-hydrogen) atoms. The van der Waals surface area contributed by atoms with Gasteiger partial charge >= 0.3 is 6.18 Å². The number of nitrogen functional groups attached to an aromatic ring is 1. The molecule has 0 saturated heterocycles. The summed E-state index contributed by atoms with van der Waals surface area (Å²) in [4.78, 5) is 22.9. The molecule has 160 valence electrons. The Labute approximate surface area is 174 Å². The SMILES string of the molecule is Nc1ncc2c(n1)CCN(c1cccc(C(=O)Nc3ccc(F)c(C(F)(F)F)c3)c1)C2. The van der Waals surface area contributed by atoms with Gasteiger partial charge in [-0.2, -0.15) is 13.2 Å². The van der Waals surface area contributed by atoms with E-state index >= 15 is 0 Å². The van der Waals surface area contributed by atoms with E-state index in [1.807, 2.05) is 11.0 Å². The minimum absolute atomic E-state index is 0.147. The van der Waals surface area contributed by atoms with Crippen LogP contribution in [0.1, 0.15) is 27.2 Å². The fourth-order valence-corrected chi connectivity index (χ4v) is 3.42. The van der Waals surface area contributed by atoms with Crippen molar-refractivity contribution in [1.82, 2.24) is 9.97 Å². The molecule has 1 aliphatic rings. The van der Waals surface area contributed by atoms with Crippen LogP contribution in [0.25, 0.3) is 0 Å². The number of amides is 1. The number of alkyl halides is 3. The second kappa shape index (κ2) is 7.86. The Morgan fingerprint density at radius 2 is 1.97 bits per heavy atom.